The number of anilines is 1. The van der Waals surface area contributed by atoms with E-state index in [0.717, 1.165) is 12.0 Å². The zero-order valence-corrected chi connectivity index (χ0v) is 12.6. The predicted molar refractivity (Wildman–Crippen MR) is 86.1 cm³/mol. The minimum absolute atomic E-state index is 0.101. The Morgan fingerprint density at radius 3 is 2.48 bits per heavy atom. The van der Waals surface area contributed by atoms with Gasteiger partial charge in [-0.05, 0) is 23.6 Å². The molecule has 2 aromatic rings. The lowest BCUT2D eigenvalue weighted by atomic mass is 10.1. The van der Waals surface area contributed by atoms with Crippen LogP contribution in [0.5, 0.6) is 0 Å². The maximum absolute atomic E-state index is 11.2. The van der Waals surface area contributed by atoms with Crippen LogP contribution in [-0.2, 0) is 12.3 Å². The second-order valence-corrected chi connectivity index (χ2v) is 5.14. The fraction of sp³-hybridized carbons (Fsp3) is 0.250. The van der Waals surface area contributed by atoms with Crippen molar-refractivity contribution in [2.75, 3.05) is 18.5 Å². The molecule has 110 valence electrons. The first-order chi connectivity index (χ1) is 10.1. The van der Waals surface area contributed by atoms with E-state index in [4.69, 9.17) is 11.6 Å². The van der Waals surface area contributed by atoms with E-state index in [2.05, 4.69) is 12.1 Å². The van der Waals surface area contributed by atoms with E-state index >= 15 is 0 Å². The zero-order chi connectivity index (χ0) is 15.2. The van der Waals surface area contributed by atoms with E-state index in [9.17, 15) is 10.1 Å². The summed E-state index contributed by atoms with van der Waals surface area (Å²) < 4.78 is 0. The van der Waals surface area contributed by atoms with Gasteiger partial charge in [0.2, 0.25) is 0 Å². The Kier molecular flexibility index (Phi) is 5.17. The number of likely N-dealkylation sites (N-methyl/N-ethyl adjacent to an activating group) is 1. The van der Waals surface area contributed by atoms with Crippen molar-refractivity contribution in [3.63, 3.8) is 0 Å². The summed E-state index contributed by atoms with van der Waals surface area (Å²) in [6.07, 6.45) is 0.839. The molecule has 0 bridgehead atoms. The maximum Gasteiger partial charge on any atom is 0.292 e. The quantitative estimate of drug-likeness (QED) is 0.460. The lowest BCUT2D eigenvalue weighted by Gasteiger charge is -2.19. The molecule has 0 heterocycles. The lowest BCUT2D eigenvalue weighted by molar-refractivity contribution is -0.384. The molecule has 21 heavy (non-hydrogen) atoms. The van der Waals surface area contributed by atoms with Gasteiger partial charge in [-0.1, -0.05) is 36.4 Å². The van der Waals surface area contributed by atoms with Crippen LogP contribution in [-0.4, -0.2) is 18.5 Å². The first-order valence-electron chi connectivity index (χ1n) is 6.70. The third-order valence-corrected chi connectivity index (χ3v) is 3.69. The molecule has 0 unspecified atom stereocenters. The number of nitrogens with zero attached hydrogens (tertiary/aromatic N) is 2. The van der Waals surface area contributed by atoms with E-state index in [0.29, 0.717) is 12.2 Å². The molecule has 0 aromatic heterocycles. The number of alkyl halides is 1. The number of nitro benzene ring substituents is 1. The summed E-state index contributed by atoms with van der Waals surface area (Å²) in [6, 6.07) is 15.2. The van der Waals surface area contributed by atoms with E-state index in [1.807, 2.05) is 36.2 Å². The van der Waals surface area contributed by atoms with Gasteiger partial charge in [0.1, 0.15) is 5.69 Å². The van der Waals surface area contributed by atoms with Gasteiger partial charge >= 0.3 is 0 Å². The molecule has 4 nitrogen and oxygen atoms in total. The van der Waals surface area contributed by atoms with E-state index in [1.54, 1.807) is 12.1 Å². The Morgan fingerprint density at radius 2 is 1.86 bits per heavy atom. The minimum atomic E-state index is -0.357. The van der Waals surface area contributed by atoms with Gasteiger partial charge in [0, 0.05) is 25.5 Å². The van der Waals surface area contributed by atoms with Gasteiger partial charge in [0.15, 0.2) is 0 Å². The predicted octanol–water partition coefficient (Wildman–Crippen LogP) is 4.01. The average molecular weight is 305 g/mol. The molecule has 0 radical (unpaired) electrons. The lowest BCUT2D eigenvalue weighted by Crippen LogP contribution is -2.21. The van der Waals surface area contributed by atoms with Gasteiger partial charge in [0.05, 0.1) is 4.92 Å². The first kappa shape index (κ1) is 15.3. The van der Waals surface area contributed by atoms with Crippen LogP contribution in [0.1, 0.15) is 11.1 Å². The van der Waals surface area contributed by atoms with Crippen LogP contribution in [0, 0.1) is 10.1 Å². The maximum atomic E-state index is 11.2. The Balaban J connectivity index is 2.15. The van der Waals surface area contributed by atoms with E-state index in [1.165, 1.54) is 5.56 Å². The summed E-state index contributed by atoms with van der Waals surface area (Å²) >= 11 is 5.74. The molecule has 0 saturated carbocycles. The third-order valence-electron chi connectivity index (χ3n) is 3.38. The molecule has 0 saturated heterocycles. The first-order valence-corrected chi connectivity index (χ1v) is 7.23. The Morgan fingerprint density at radius 1 is 1.14 bits per heavy atom. The molecular formula is C16H17ClN2O2. The highest BCUT2D eigenvalue weighted by atomic mass is 35.5. The normalized spacial score (nSPS) is 10.4. The highest BCUT2D eigenvalue weighted by molar-refractivity contribution is 6.17. The summed E-state index contributed by atoms with van der Waals surface area (Å²) in [5, 5.41) is 11.2. The van der Waals surface area contributed by atoms with Gasteiger partial charge in [-0.15, -0.1) is 11.6 Å². The molecule has 0 fully saturated rings. The monoisotopic (exact) mass is 304 g/mol. The average Bonchev–Trinajstić information content (AvgIpc) is 2.52. The van der Waals surface area contributed by atoms with E-state index in [-0.39, 0.29) is 16.5 Å². The molecule has 0 spiro atoms. The second kappa shape index (κ2) is 7.09. The number of hydrogen-bond donors (Lipinski definition) is 0. The fourth-order valence-electron chi connectivity index (χ4n) is 2.18. The Bertz CT molecular complexity index is 617. The Labute approximate surface area is 129 Å². The molecule has 0 atom stereocenters. The molecule has 5 heteroatoms. The topological polar surface area (TPSA) is 46.4 Å². The summed E-state index contributed by atoms with van der Waals surface area (Å²) in [7, 11) is 1.87. The van der Waals surface area contributed by atoms with Crippen molar-refractivity contribution < 1.29 is 4.92 Å². The van der Waals surface area contributed by atoms with Crippen LogP contribution in [0.4, 0.5) is 11.4 Å². The summed E-state index contributed by atoms with van der Waals surface area (Å²) in [4.78, 5) is 12.8. The van der Waals surface area contributed by atoms with Crippen molar-refractivity contribution in [3.8, 4) is 0 Å². The number of hydrogen-bond acceptors (Lipinski definition) is 3. The second-order valence-electron chi connectivity index (χ2n) is 4.87. The van der Waals surface area contributed by atoms with Gasteiger partial charge in [-0.3, -0.25) is 10.1 Å². The number of rotatable bonds is 6. The summed E-state index contributed by atoms with van der Waals surface area (Å²) in [5.74, 6) is 0.273. The van der Waals surface area contributed by atoms with Gasteiger partial charge in [-0.2, -0.15) is 0 Å². The Hall–Kier alpha value is -2.07. The van der Waals surface area contributed by atoms with Crippen LogP contribution < -0.4 is 4.90 Å². The third kappa shape index (κ3) is 3.95. The minimum Gasteiger partial charge on any atom is -0.369 e. The smallest absolute Gasteiger partial charge is 0.292 e. The van der Waals surface area contributed by atoms with E-state index < -0.39 is 0 Å². The van der Waals surface area contributed by atoms with Crippen LogP contribution in [0.25, 0.3) is 0 Å². The number of nitro groups is 1. The molecule has 2 rings (SSSR count). The molecule has 0 aliphatic heterocycles. The van der Waals surface area contributed by atoms with Crippen molar-refractivity contribution >= 4 is 23.0 Å². The molecule has 0 N–H and O–H groups in total. The van der Waals surface area contributed by atoms with Gasteiger partial charge in [-0.25, -0.2) is 0 Å². The van der Waals surface area contributed by atoms with Crippen molar-refractivity contribution in [2.45, 2.75) is 12.3 Å². The van der Waals surface area contributed by atoms with Crippen LogP contribution in [0.2, 0.25) is 0 Å². The van der Waals surface area contributed by atoms with Gasteiger partial charge < -0.3 is 4.90 Å². The molecular weight excluding hydrogens is 288 g/mol. The van der Waals surface area contributed by atoms with Crippen molar-refractivity contribution in [1.82, 2.24) is 0 Å². The molecule has 2 aromatic carbocycles. The fourth-order valence-corrected chi connectivity index (χ4v) is 2.35. The molecule has 0 aliphatic carbocycles. The molecule has 0 amide bonds. The number of halogens is 1. The summed E-state index contributed by atoms with van der Waals surface area (Å²) in [5.41, 5.74) is 2.68. The van der Waals surface area contributed by atoms with Crippen molar-refractivity contribution in [3.05, 3.63) is 69.8 Å². The van der Waals surface area contributed by atoms with Gasteiger partial charge in [0.25, 0.3) is 5.69 Å². The van der Waals surface area contributed by atoms with Crippen LogP contribution in [0.3, 0.4) is 0 Å². The van der Waals surface area contributed by atoms with Crippen molar-refractivity contribution in [1.29, 1.82) is 0 Å². The van der Waals surface area contributed by atoms with Crippen molar-refractivity contribution in [2.24, 2.45) is 0 Å². The summed E-state index contributed by atoms with van der Waals surface area (Å²) in [6.45, 7) is 0.713. The largest absolute Gasteiger partial charge is 0.369 e. The van der Waals surface area contributed by atoms with Crippen LogP contribution >= 0.6 is 11.6 Å². The molecule has 0 aliphatic rings. The number of benzene rings is 2. The SMILES string of the molecule is CN(CCc1ccccc1)c1ccc(CCl)cc1[N+](=O)[O-]. The van der Waals surface area contributed by atoms with Crippen LogP contribution in [0.15, 0.2) is 48.5 Å². The highest BCUT2D eigenvalue weighted by Gasteiger charge is 2.17. The highest BCUT2D eigenvalue weighted by Crippen LogP contribution is 2.29. The zero-order valence-electron chi connectivity index (χ0n) is 11.8. The standard InChI is InChI=1S/C16H17ClN2O2/c1-18(10-9-13-5-3-2-4-6-13)15-8-7-14(12-17)11-16(15)19(20)21/h2-8,11H,9-10,12H2,1H3.